The Balaban J connectivity index is 3.43. The maximum absolute atomic E-state index is 10.3. The molecule has 0 radical (unpaired) electrons. The summed E-state index contributed by atoms with van der Waals surface area (Å²) < 4.78 is 5.84. The van der Waals surface area contributed by atoms with Crippen LogP contribution in [0.25, 0.3) is 0 Å². The van der Waals surface area contributed by atoms with Crippen LogP contribution in [-0.4, -0.2) is 45.5 Å². The number of hydrogen-bond donors (Lipinski definition) is 2. The largest absolute Gasteiger partial charge is 0.377 e. The van der Waals surface area contributed by atoms with Gasteiger partial charge in [0.2, 0.25) is 5.60 Å². The molecular formula is C9H26O3Si4. The van der Waals surface area contributed by atoms with Crippen molar-refractivity contribution in [2.75, 3.05) is 0 Å². The summed E-state index contributed by atoms with van der Waals surface area (Å²) >= 11 is 0. The minimum atomic E-state index is -2.15. The fourth-order valence-corrected chi connectivity index (χ4v) is 68.9. The van der Waals surface area contributed by atoms with Gasteiger partial charge in [-0.25, -0.2) is 0 Å². The molecule has 0 bridgehead atoms. The lowest BCUT2D eigenvalue weighted by Crippen LogP contribution is -2.91. The zero-order valence-corrected chi connectivity index (χ0v) is 15.8. The van der Waals surface area contributed by atoms with Gasteiger partial charge >= 0.3 is 0 Å². The molecule has 1 aliphatic heterocycles. The molecule has 0 spiro atoms. The summed E-state index contributed by atoms with van der Waals surface area (Å²) in [5.74, 6) is 0. The van der Waals surface area contributed by atoms with Gasteiger partial charge in [-0.2, -0.15) is 0 Å². The van der Waals surface area contributed by atoms with Gasteiger partial charge in [0.15, 0.2) is 7.83 Å². The topological polar surface area (TPSA) is 49.7 Å². The Morgan fingerprint density at radius 2 is 1.12 bits per heavy atom. The predicted molar refractivity (Wildman–Crippen MR) is 78.2 cm³/mol. The van der Waals surface area contributed by atoms with E-state index in [4.69, 9.17) is 4.43 Å². The van der Waals surface area contributed by atoms with Gasteiger partial charge in [0.05, 0.1) is 7.11 Å². The first-order valence-electron chi connectivity index (χ1n) is 5.86. The normalized spacial score (nSPS) is 33.4. The summed E-state index contributed by atoms with van der Waals surface area (Å²) in [6.07, 6.45) is 0. The van der Waals surface area contributed by atoms with Crippen LogP contribution in [0.3, 0.4) is 0 Å². The molecular weight excluding hydrogens is 268 g/mol. The smallest absolute Gasteiger partial charge is 0.238 e. The highest BCUT2D eigenvalue weighted by Gasteiger charge is 2.72. The maximum Gasteiger partial charge on any atom is 0.238 e. The second-order valence-corrected chi connectivity index (χ2v) is 46.1. The highest BCUT2D eigenvalue weighted by molar-refractivity contribution is 7.83. The van der Waals surface area contributed by atoms with Crippen LogP contribution in [0.4, 0.5) is 0 Å². The number of hydrogen-bond acceptors (Lipinski definition) is 3. The fraction of sp³-hybridized carbons (Fsp3) is 1.00. The van der Waals surface area contributed by atoms with E-state index in [2.05, 4.69) is 52.4 Å². The predicted octanol–water partition coefficient (Wildman–Crippen LogP) is 1.76. The van der Waals surface area contributed by atoms with Crippen LogP contribution in [0.15, 0.2) is 0 Å². The third kappa shape index (κ3) is 1.53. The second kappa shape index (κ2) is 3.40. The van der Waals surface area contributed by atoms with Crippen LogP contribution in [0.2, 0.25) is 52.4 Å². The molecule has 1 rings (SSSR count). The molecule has 1 saturated heterocycles. The Morgan fingerprint density at radius 3 is 1.50 bits per heavy atom. The van der Waals surface area contributed by atoms with Crippen LogP contribution in [0, 0.1) is 0 Å². The van der Waals surface area contributed by atoms with E-state index in [0.29, 0.717) is 0 Å². The molecule has 3 nitrogen and oxygen atoms in total. The maximum atomic E-state index is 10.3. The first-order valence-corrected chi connectivity index (χ1v) is 20.8. The van der Waals surface area contributed by atoms with E-state index in [-0.39, 0.29) is 0 Å². The summed E-state index contributed by atoms with van der Waals surface area (Å²) in [5.41, 5.74) is -1.80. The van der Waals surface area contributed by atoms with E-state index in [9.17, 15) is 10.2 Å². The molecule has 0 aliphatic carbocycles. The van der Waals surface area contributed by atoms with Crippen LogP contribution < -0.4 is 0 Å². The van der Waals surface area contributed by atoms with Gasteiger partial charge in [-0.1, -0.05) is 39.3 Å². The van der Waals surface area contributed by atoms with E-state index in [0.717, 1.165) is 0 Å². The van der Waals surface area contributed by atoms with E-state index in [1.165, 1.54) is 0 Å². The van der Waals surface area contributed by atoms with Gasteiger partial charge < -0.3 is 14.6 Å². The summed E-state index contributed by atoms with van der Waals surface area (Å²) in [6.45, 7) is 18.1. The average molecular weight is 295 g/mol. The Labute approximate surface area is 102 Å². The van der Waals surface area contributed by atoms with Crippen LogP contribution >= 0.6 is 0 Å². The van der Waals surface area contributed by atoms with E-state index in [1.807, 2.05) is 0 Å². The molecule has 16 heavy (non-hydrogen) atoms. The van der Waals surface area contributed by atoms with Crippen molar-refractivity contribution in [1.29, 1.82) is 0 Å². The molecule has 1 aliphatic rings. The zero-order valence-electron chi connectivity index (χ0n) is 11.8. The quantitative estimate of drug-likeness (QED) is 0.529. The lowest BCUT2D eigenvalue weighted by atomic mass is 11.3. The lowest BCUT2D eigenvalue weighted by Gasteiger charge is -2.63. The third-order valence-electron chi connectivity index (χ3n) is 5.84. The average Bonchev–Trinajstić information content (AvgIpc) is 1.98. The van der Waals surface area contributed by atoms with E-state index < -0.39 is 35.2 Å². The molecule has 1 fully saturated rings. The van der Waals surface area contributed by atoms with Crippen molar-refractivity contribution in [2.24, 2.45) is 0 Å². The van der Waals surface area contributed by atoms with Gasteiger partial charge in [0, 0.05) is 7.11 Å². The summed E-state index contributed by atoms with van der Waals surface area (Å²) in [5, 5.41) is 20.6. The highest BCUT2D eigenvalue weighted by atomic mass is 29.8. The molecule has 7 heteroatoms. The minimum absolute atomic E-state index is 1.47. The van der Waals surface area contributed by atoms with Crippen molar-refractivity contribution in [3.63, 3.8) is 0 Å². The van der Waals surface area contributed by atoms with Gasteiger partial charge in [-0.3, -0.25) is 0 Å². The molecule has 0 aromatic carbocycles. The van der Waals surface area contributed by atoms with Crippen molar-refractivity contribution < 1.29 is 14.6 Å². The fourth-order valence-electron chi connectivity index (χ4n) is 2.55. The van der Waals surface area contributed by atoms with Crippen LogP contribution in [0.1, 0.15) is 0 Å². The second-order valence-electron chi connectivity index (χ2n) is 7.10. The Bertz CT molecular complexity index is 282. The molecule has 1 heterocycles. The molecule has 0 unspecified atom stereocenters. The summed E-state index contributed by atoms with van der Waals surface area (Å²) in [6, 6.07) is 0. The zero-order chi connectivity index (χ0) is 13.2. The van der Waals surface area contributed by atoms with Gasteiger partial charge in [0.1, 0.15) is 7.59 Å². The molecule has 2 N–H and O–H groups in total. The summed E-state index contributed by atoms with van der Waals surface area (Å²) in [7, 11) is -7.16. The number of aliphatic hydroxyl groups is 2. The lowest BCUT2D eigenvalue weighted by molar-refractivity contribution is -0.236. The summed E-state index contributed by atoms with van der Waals surface area (Å²) in [4.78, 5) is 0. The van der Waals surface area contributed by atoms with Crippen LogP contribution in [0.5, 0.6) is 0 Å². The number of rotatable bonds is 0. The molecule has 96 valence electrons. The molecule has 0 aromatic rings. The Hall–Kier alpha value is 0.748. The van der Waals surface area contributed by atoms with Crippen LogP contribution in [-0.2, 0) is 4.43 Å². The van der Waals surface area contributed by atoms with E-state index in [1.54, 1.807) is 0 Å². The highest BCUT2D eigenvalue weighted by Crippen LogP contribution is 2.45. The van der Waals surface area contributed by atoms with Gasteiger partial charge in [-0.05, 0) is 13.1 Å². The molecule has 0 atom stereocenters. The Morgan fingerprint density at radius 1 is 0.750 bits per heavy atom. The first kappa shape index (κ1) is 14.8. The standard InChI is InChI=1S/C9H26O3Si4/c1-13(2)9(10,11)12-14(3,4)16(7,8)15(13,5)6/h10-11H,1-8H3. The van der Waals surface area contributed by atoms with Gasteiger partial charge in [-0.15, -0.1) is 0 Å². The van der Waals surface area contributed by atoms with E-state index >= 15 is 0 Å². The third-order valence-corrected chi connectivity index (χ3v) is 71.4. The molecule has 0 saturated carbocycles. The minimum Gasteiger partial charge on any atom is -0.377 e. The van der Waals surface area contributed by atoms with Crippen molar-refractivity contribution in [3.05, 3.63) is 0 Å². The Kier molecular flexibility index (Phi) is 3.14. The van der Waals surface area contributed by atoms with Gasteiger partial charge in [0.25, 0.3) is 0 Å². The van der Waals surface area contributed by atoms with Crippen molar-refractivity contribution in [2.45, 2.75) is 58.0 Å². The van der Waals surface area contributed by atoms with Crippen molar-refractivity contribution in [3.8, 4) is 0 Å². The SMILES string of the molecule is C[Si]1(C)OC(O)(O)[Si](C)(C)[Si](C)(C)[Si]1(C)C. The monoisotopic (exact) mass is 294 g/mol. The molecule has 0 aromatic heterocycles. The van der Waals surface area contributed by atoms with Crippen molar-refractivity contribution in [1.82, 2.24) is 0 Å². The van der Waals surface area contributed by atoms with Crippen molar-refractivity contribution >= 4 is 29.6 Å². The molecule has 0 amide bonds. The first-order chi connectivity index (χ1) is 6.71.